The number of carbonyl (C=O) groups is 4. The molecular weight excluding hydrogens is 424 g/mol. The molecule has 33 heavy (non-hydrogen) atoms. The van der Waals surface area contributed by atoms with Crippen LogP contribution in [0, 0.1) is 28.6 Å². The zero-order valence-corrected chi connectivity index (χ0v) is 19.6. The van der Waals surface area contributed by atoms with Gasteiger partial charge in [0, 0.05) is 30.1 Å². The largest absolute Gasteiger partial charge is 0.458 e. The zero-order valence-electron chi connectivity index (χ0n) is 19.6. The molecule has 1 N–H and O–H groups in total. The van der Waals surface area contributed by atoms with Crippen molar-refractivity contribution in [2.45, 2.75) is 65.1 Å². The summed E-state index contributed by atoms with van der Waals surface area (Å²) in [5.74, 6) is -1.84. The second-order valence-electron chi connectivity index (χ2n) is 10.3. The van der Waals surface area contributed by atoms with Gasteiger partial charge >= 0.3 is 11.9 Å². The first kappa shape index (κ1) is 23.6. The highest BCUT2D eigenvalue weighted by atomic mass is 16.6. The van der Waals surface area contributed by atoms with Gasteiger partial charge in [-0.2, -0.15) is 0 Å². The number of fused-ring (bicyclic) bond motifs is 5. The fraction of sp³-hybridized carbons (Fsp3) is 0.615. The minimum Gasteiger partial charge on any atom is -0.458 e. The number of aliphatic hydroxyl groups excluding tert-OH is 1. The molecule has 7 nitrogen and oxygen atoms in total. The Morgan fingerprint density at radius 2 is 1.94 bits per heavy atom. The molecule has 6 unspecified atom stereocenters. The van der Waals surface area contributed by atoms with Crippen LogP contribution in [0.25, 0.3) is 0 Å². The first-order valence-corrected chi connectivity index (χ1v) is 11.7. The van der Waals surface area contributed by atoms with Crippen LogP contribution in [0.3, 0.4) is 0 Å². The molecule has 0 aromatic rings. The molecule has 0 aromatic heterocycles. The van der Waals surface area contributed by atoms with Crippen LogP contribution in [0.1, 0.15) is 53.4 Å². The standard InChI is InChI=1S/C26H32O7/c1-5-22(31)33-26(21(30)14-32-15(2)27)11-9-19-18-7-6-16-12-17(28)8-10-24(16,3)23(18)20(29)13-25(19,26)4/h6-8,10,12,18-20,23,29H,5,9,11,13-14H2,1-4H3/t18?,19?,20?,23?,24?,25?,26-/m0/s1. The number of aliphatic hydroxyl groups is 1. The molecule has 0 radical (unpaired) electrons. The molecule has 2 saturated carbocycles. The normalized spacial score (nSPS) is 40.9. The van der Waals surface area contributed by atoms with Crippen LogP contribution in [-0.2, 0) is 28.7 Å². The van der Waals surface area contributed by atoms with Crippen LogP contribution in [0.4, 0.5) is 0 Å². The SMILES string of the molecule is CCC(=O)O[C@]1(C(=O)COC(C)=O)CCC2C3C=CC4=CC(=O)C=CC4(C)C3C(O)CC21C. The summed E-state index contributed by atoms with van der Waals surface area (Å²) in [6.45, 7) is 6.39. The minimum atomic E-state index is -1.46. The molecule has 7 heteroatoms. The summed E-state index contributed by atoms with van der Waals surface area (Å²) in [7, 11) is 0. The highest BCUT2D eigenvalue weighted by molar-refractivity contribution is 6.01. The van der Waals surface area contributed by atoms with E-state index in [2.05, 4.69) is 0 Å². The average Bonchev–Trinajstić information content (AvgIpc) is 3.04. The molecule has 4 rings (SSSR count). The second-order valence-corrected chi connectivity index (χ2v) is 10.3. The summed E-state index contributed by atoms with van der Waals surface area (Å²) in [6, 6.07) is 0. The van der Waals surface area contributed by atoms with E-state index in [1.54, 1.807) is 19.1 Å². The van der Waals surface area contributed by atoms with Crippen molar-refractivity contribution >= 4 is 23.5 Å². The van der Waals surface area contributed by atoms with Crippen molar-refractivity contribution < 1.29 is 33.8 Å². The molecule has 4 aliphatic carbocycles. The van der Waals surface area contributed by atoms with Crippen molar-refractivity contribution in [2.24, 2.45) is 28.6 Å². The van der Waals surface area contributed by atoms with Crippen molar-refractivity contribution in [3.63, 3.8) is 0 Å². The molecule has 0 aromatic carbocycles. The Morgan fingerprint density at radius 3 is 2.61 bits per heavy atom. The van der Waals surface area contributed by atoms with Crippen LogP contribution in [0.5, 0.6) is 0 Å². The zero-order chi connectivity index (χ0) is 24.2. The van der Waals surface area contributed by atoms with Crippen molar-refractivity contribution in [1.29, 1.82) is 0 Å². The van der Waals surface area contributed by atoms with Crippen molar-refractivity contribution in [3.05, 3.63) is 36.0 Å². The third kappa shape index (κ3) is 3.43. The van der Waals surface area contributed by atoms with Gasteiger partial charge in [-0.3, -0.25) is 19.2 Å². The number of ketones is 2. The maximum atomic E-state index is 13.5. The third-order valence-corrected chi connectivity index (χ3v) is 8.61. The number of allylic oxidation sites excluding steroid dienone is 6. The molecule has 178 valence electrons. The van der Waals surface area contributed by atoms with Crippen LogP contribution in [0.2, 0.25) is 0 Å². The van der Waals surface area contributed by atoms with E-state index in [1.165, 1.54) is 6.92 Å². The lowest BCUT2D eigenvalue weighted by molar-refractivity contribution is -0.197. The molecule has 2 fully saturated rings. The molecule has 0 heterocycles. The number of ether oxygens (including phenoxy) is 2. The maximum Gasteiger partial charge on any atom is 0.306 e. The Morgan fingerprint density at radius 1 is 1.21 bits per heavy atom. The number of hydrogen-bond donors (Lipinski definition) is 1. The Balaban J connectivity index is 1.76. The van der Waals surface area contributed by atoms with Crippen LogP contribution in [-0.4, -0.2) is 46.9 Å². The van der Waals surface area contributed by atoms with Gasteiger partial charge in [0.1, 0.15) is 0 Å². The van der Waals surface area contributed by atoms with Gasteiger partial charge in [-0.15, -0.1) is 0 Å². The van der Waals surface area contributed by atoms with Gasteiger partial charge in [0.15, 0.2) is 18.0 Å². The number of Topliss-reactive ketones (excluding diaryl/α,β-unsaturated/α-hetero) is 1. The van der Waals surface area contributed by atoms with E-state index >= 15 is 0 Å². The van der Waals surface area contributed by atoms with E-state index < -0.39 is 46.9 Å². The molecule has 0 saturated heterocycles. The van der Waals surface area contributed by atoms with Gasteiger partial charge in [0.25, 0.3) is 0 Å². The average molecular weight is 457 g/mol. The third-order valence-electron chi connectivity index (χ3n) is 8.61. The monoisotopic (exact) mass is 456 g/mol. The van der Waals surface area contributed by atoms with Gasteiger partial charge in [-0.25, -0.2) is 0 Å². The van der Waals surface area contributed by atoms with Crippen molar-refractivity contribution in [2.75, 3.05) is 6.61 Å². The fourth-order valence-corrected chi connectivity index (χ4v) is 7.00. The molecule has 4 aliphatic rings. The van der Waals surface area contributed by atoms with Gasteiger partial charge in [-0.05, 0) is 48.8 Å². The van der Waals surface area contributed by atoms with E-state index in [0.717, 1.165) is 5.57 Å². The van der Waals surface area contributed by atoms with Gasteiger partial charge in [0.05, 0.1) is 6.10 Å². The Hall–Kier alpha value is -2.54. The topological polar surface area (TPSA) is 107 Å². The van der Waals surface area contributed by atoms with E-state index in [9.17, 15) is 24.3 Å². The van der Waals surface area contributed by atoms with E-state index in [0.29, 0.717) is 12.8 Å². The minimum absolute atomic E-state index is 0.0301. The fourth-order valence-electron chi connectivity index (χ4n) is 7.00. The van der Waals surface area contributed by atoms with Gasteiger partial charge in [0.2, 0.25) is 5.78 Å². The summed E-state index contributed by atoms with van der Waals surface area (Å²) in [5.41, 5.74) is -1.91. The Labute approximate surface area is 193 Å². The van der Waals surface area contributed by atoms with E-state index in [-0.39, 0.29) is 36.4 Å². The van der Waals surface area contributed by atoms with Crippen LogP contribution < -0.4 is 0 Å². The molecule has 0 amide bonds. The van der Waals surface area contributed by atoms with Gasteiger partial charge in [-0.1, -0.05) is 39.0 Å². The number of hydrogen-bond acceptors (Lipinski definition) is 7. The smallest absolute Gasteiger partial charge is 0.306 e. The lowest BCUT2D eigenvalue weighted by Gasteiger charge is -2.58. The number of esters is 2. The summed E-state index contributed by atoms with van der Waals surface area (Å²) >= 11 is 0. The molecule has 0 aliphatic heterocycles. The van der Waals surface area contributed by atoms with E-state index in [4.69, 9.17) is 9.47 Å². The summed E-state index contributed by atoms with van der Waals surface area (Å²) in [5, 5.41) is 11.5. The Bertz CT molecular complexity index is 991. The molecule has 0 bridgehead atoms. The Kier molecular flexibility index (Phi) is 5.76. The van der Waals surface area contributed by atoms with Crippen LogP contribution in [0.15, 0.2) is 36.0 Å². The summed E-state index contributed by atoms with van der Waals surface area (Å²) < 4.78 is 10.9. The van der Waals surface area contributed by atoms with E-state index in [1.807, 2.05) is 32.1 Å². The highest BCUT2D eigenvalue weighted by Crippen LogP contribution is 2.66. The molecule has 0 spiro atoms. The predicted octanol–water partition coefficient (Wildman–Crippen LogP) is 2.87. The quantitative estimate of drug-likeness (QED) is 0.634. The van der Waals surface area contributed by atoms with Gasteiger partial charge < -0.3 is 14.6 Å². The predicted molar refractivity (Wildman–Crippen MR) is 119 cm³/mol. The molecule has 7 atom stereocenters. The summed E-state index contributed by atoms with van der Waals surface area (Å²) in [4.78, 5) is 49.3. The lowest BCUT2D eigenvalue weighted by atomic mass is 9.48. The number of carbonyl (C=O) groups excluding carboxylic acids is 4. The first-order chi connectivity index (χ1) is 15.5. The first-order valence-electron chi connectivity index (χ1n) is 11.7. The van der Waals surface area contributed by atoms with Crippen LogP contribution >= 0.6 is 0 Å². The lowest BCUT2D eigenvalue weighted by Crippen LogP contribution is -2.62. The highest BCUT2D eigenvalue weighted by Gasteiger charge is 2.70. The summed E-state index contributed by atoms with van der Waals surface area (Å²) in [6.07, 6.45) is 9.62. The number of rotatable bonds is 5. The van der Waals surface area contributed by atoms with Crippen molar-refractivity contribution in [1.82, 2.24) is 0 Å². The maximum absolute atomic E-state index is 13.5. The molecular formula is C26H32O7. The van der Waals surface area contributed by atoms with Crippen molar-refractivity contribution in [3.8, 4) is 0 Å². The second kappa shape index (κ2) is 8.05.